The minimum Gasteiger partial charge on any atom is -0.493 e. The van der Waals surface area contributed by atoms with Crippen LogP contribution in [0.2, 0.25) is 0 Å². The Balaban J connectivity index is 2.23. The maximum Gasteiger partial charge on any atom is 0.471 e. The average molecular weight is 360 g/mol. The third kappa shape index (κ3) is 3.80. The van der Waals surface area contributed by atoms with E-state index in [1.54, 1.807) is 18.2 Å². The van der Waals surface area contributed by atoms with Crippen LogP contribution < -0.4 is 14.4 Å². The highest BCUT2D eigenvalue weighted by Gasteiger charge is 2.48. The number of hydrogen-bond acceptors (Lipinski definition) is 4. The van der Waals surface area contributed by atoms with Crippen LogP contribution in [0.15, 0.2) is 18.2 Å². The lowest BCUT2D eigenvalue weighted by Crippen LogP contribution is -2.50. The van der Waals surface area contributed by atoms with E-state index < -0.39 is 24.0 Å². The van der Waals surface area contributed by atoms with Crippen molar-refractivity contribution in [3.63, 3.8) is 0 Å². The van der Waals surface area contributed by atoms with E-state index >= 15 is 0 Å². The zero-order valence-electron chi connectivity index (χ0n) is 14.1. The number of hydrogen-bond donors (Lipinski definition) is 0. The molecule has 0 N–H and O–H groups in total. The normalized spacial score (nSPS) is 17.4. The topological polar surface area (TPSA) is 59.1 Å². The van der Waals surface area contributed by atoms with Gasteiger partial charge in [-0.2, -0.15) is 13.2 Å². The highest BCUT2D eigenvalue weighted by molar-refractivity contribution is 5.99. The van der Waals surface area contributed by atoms with E-state index in [1.807, 2.05) is 0 Å². The quantitative estimate of drug-likeness (QED) is 0.826. The molecule has 0 radical (unpaired) electrons. The summed E-state index contributed by atoms with van der Waals surface area (Å²) in [7, 11) is 4.34. The first-order valence-electron chi connectivity index (χ1n) is 7.58. The number of carbonyl (C=O) groups is 2. The van der Waals surface area contributed by atoms with Gasteiger partial charge >= 0.3 is 12.1 Å². The van der Waals surface area contributed by atoms with Crippen LogP contribution in [0.3, 0.4) is 0 Å². The largest absolute Gasteiger partial charge is 0.493 e. The zero-order chi connectivity index (χ0) is 18.8. The lowest BCUT2D eigenvalue weighted by molar-refractivity contribution is -0.186. The summed E-state index contributed by atoms with van der Waals surface area (Å²) in [5.74, 6) is -1.72. The van der Waals surface area contributed by atoms with E-state index in [0.717, 1.165) is 0 Å². The molecule has 0 spiro atoms. The molecule has 1 aromatic carbocycles. The summed E-state index contributed by atoms with van der Waals surface area (Å²) in [5.41, 5.74) is 0.425. The van der Waals surface area contributed by atoms with Gasteiger partial charge in [0.15, 0.2) is 11.5 Å². The molecule has 0 aliphatic carbocycles. The number of rotatable bonds is 4. The molecular formula is C16H19F3N2O4. The standard InChI is InChI=1S/C16H19F3N2O4/c1-20(10-6-7-12(24-2)13(9-10)25-3)14(22)11-5-4-8-21(11)15(23)16(17,18)19/h6-7,9,11H,4-5,8H2,1-3H3. The van der Waals surface area contributed by atoms with Crippen LogP contribution >= 0.6 is 0 Å². The number of likely N-dealkylation sites (tertiary alicyclic amines) is 1. The summed E-state index contributed by atoms with van der Waals surface area (Å²) in [4.78, 5) is 26.0. The Bertz CT molecular complexity index is 663. The first-order valence-corrected chi connectivity index (χ1v) is 7.58. The fraction of sp³-hybridized carbons (Fsp3) is 0.500. The van der Waals surface area contributed by atoms with E-state index in [9.17, 15) is 22.8 Å². The number of benzene rings is 1. The van der Waals surface area contributed by atoms with Crippen molar-refractivity contribution in [1.82, 2.24) is 4.90 Å². The molecule has 0 bridgehead atoms. The molecule has 0 aromatic heterocycles. The van der Waals surface area contributed by atoms with Crippen molar-refractivity contribution in [2.45, 2.75) is 25.1 Å². The van der Waals surface area contributed by atoms with Crippen LogP contribution in [0, 0.1) is 0 Å². The third-order valence-electron chi connectivity index (χ3n) is 4.13. The van der Waals surface area contributed by atoms with Crippen LogP contribution in [0.25, 0.3) is 0 Å². The van der Waals surface area contributed by atoms with E-state index in [-0.39, 0.29) is 13.0 Å². The average Bonchev–Trinajstić information content (AvgIpc) is 3.07. The number of methoxy groups -OCH3 is 2. The number of ether oxygens (including phenoxy) is 2. The number of alkyl halides is 3. The van der Waals surface area contributed by atoms with Crippen LogP contribution in [0.5, 0.6) is 11.5 Å². The zero-order valence-corrected chi connectivity index (χ0v) is 14.1. The number of halogens is 3. The Kier molecular flexibility index (Phi) is 5.44. The second kappa shape index (κ2) is 7.20. The molecule has 9 heteroatoms. The molecule has 1 fully saturated rings. The van der Waals surface area contributed by atoms with Crippen LogP contribution in [0.1, 0.15) is 12.8 Å². The molecule has 2 rings (SSSR count). The lowest BCUT2D eigenvalue weighted by atomic mass is 10.1. The summed E-state index contributed by atoms with van der Waals surface area (Å²) in [6, 6.07) is 3.59. The molecule has 1 atom stereocenters. The van der Waals surface area contributed by atoms with Gasteiger partial charge < -0.3 is 19.3 Å². The Morgan fingerprint density at radius 3 is 2.40 bits per heavy atom. The predicted octanol–water partition coefficient (Wildman–Crippen LogP) is 2.22. The van der Waals surface area contributed by atoms with Gasteiger partial charge in [-0.3, -0.25) is 9.59 Å². The predicted molar refractivity (Wildman–Crippen MR) is 83.7 cm³/mol. The van der Waals surface area contributed by atoms with Crippen molar-refractivity contribution in [3.05, 3.63) is 18.2 Å². The van der Waals surface area contributed by atoms with E-state index in [2.05, 4.69) is 0 Å². The minimum absolute atomic E-state index is 0.0888. The van der Waals surface area contributed by atoms with Gasteiger partial charge in [0, 0.05) is 25.3 Å². The molecule has 25 heavy (non-hydrogen) atoms. The van der Waals surface area contributed by atoms with Gasteiger partial charge in [-0.1, -0.05) is 0 Å². The number of likely N-dealkylation sites (N-methyl/N-ethyl adjacent to an activating group) is 1. The molecule has 1 aromatic rings. The molecule has 1 saturated heterocycles. The van der Waals surface area contributed by atoms with Gasteiger partial charge in [0.05, 0.1) is 14.2 Å². The molecule has 1 aliphatic heterocycles. The fourth-order valence-corrected chi connectivity index (χ4v) is 2.81. The maximum atomic E-state index is 12.7. The Morgan fingerprint density at radius 2 is 1.84 bits per heavy atom. The summed E-state index contributed by atoms with van der Waals surface area (Å²) in [5, 5.41) is 0. The van der Waals surface area contributed by atoms with Crippen molar-refractivity contribution in [2.24, 2.45) is 0 Å². The van der Waals surface area contributed by atoms with Gasteiger partial charge in [0.2, 0.25) is 5.91 Å². The number of carbonyl (C=O) groups excluding carboxylic acids is 2. The fourth-order valence-electron chi connectivity index (χ4n) is 2.81. The first kappa shape index (κ1) is 18.9. The molecule has 2 amide bonds. The second-order valence-corrected chi connectivity index (χ2v) is 5.59. The van der Waals surface area contributed by atoms with Crippen LogP contribution in [0.4, 0.5) is 18.9 Å². The number of amides is 2. The van der Waals surface area contributed by atoms with E-state index in [4.69, 9.17) is 9.47 Å². The van der Waals surface area contributed by atoms with Crippen LogP contribution in [-0.2, 0) is 9.59 Å². The molecule has 138 valence electrons. The minimum atomic E-state index is -5.00. The van der Waals surface area contributed by atoms with Crippen molar-refractivity contribution < 1.29 is 32.2 Å². The molecule has 6 nitrogen and oxygen atoms in total. The lowest BCUT2D eigenvalue weighted by Gasteiger charge is -2.28. The smallest absolute Gasteiger partial charge is 0.471 e. The second-order valence-electron chi connectivity index (χ2n) is 5.59. The molecule has 1 heterocycles. The van der Waals surface area contributed by atoms with Crippen molar-refractivity contribution in [3.8, 4) is 11.5 Å². The SMILES string of the molecule is COc1ccc(N(C)C(=O)C2CCCN2C(=O)C(F)(F)F)cc1OC. The number of nitrogens with zero attached hydrogens (tertiary/aromatic N) is 2. The number of anilines is 1. The van der Waals surface area contributed by atoms with Gasteiger partial charge in [0.1, 0.15) is 6.04 Å². The monoisotopic (exact) mass is 360 g/mol. The van der Waals surface area contributed by atoms with E-state index in [0.29, 0.717) is 28.5 Å². The van der Waals surface area contributed by atoms with Crippen molar-refractivity contribution in [2.75, 3.05) is 32.7 Å². The Hall–Kier alpha value is -2.45. The summed E-state index contributed by atoms with van der Waals surface area (Å²) >= 11 is 0. The summed E-state index contributed by atoms with van der Waals surface area (Å²) in [6.45, 7) is -0.0888. The van der Waals surface area contributed by atoms with Gasteiger partial charge in [-0.25, -0.2) is 0 Å². The van der Waals surface area contributed by atoms with Crippen LogP contribution in [-0.4, -0.2) is 56.7 Å². The first-order chi connectivity index (χ1) is 11.7. The summed E-state index contributed by atoms with van der Waals surface area (Å²) in [6.07, 6.45) is -4.46. The molecule has 1 unspecified atom stereocenters. The van der Waals surface area contributed by atoms with Gasteiger partial charge in [-0.05, 0) is 25.0 Å². The van der Waals surface area contributed by atoms with E-state index in [1.165, 1.54) is 26.2 Å². The summed E-state index contributed by atoms with van der Waals surface area (Å²) < 4.78 is 48.4. The maximum absolute atomic E-state index is 12.7. The molecular weight excluding hydrogens is 341 g/mol. The highest BCUT2D eigenvalue weighted by Crippen LogP contribution is 2.32. The third-order valence-corrected chi connectivity index (χ3v) is 4.13. The van der Waals surface area contributed by atoms with Crippen molar-refractivity contribution in [1.29, 1.82) is 0 Å². The molecule has 0 saturated carbocycles. The van der Waals surface area contributed by atoms with Gasteiger partial charge in [0.25, 0.3) is 0 Å². The Morgan fingerprint density at radius 1 is 1.20 bits per heavy atom. The van der Waals surface area contributed by atoms with Gasteiger partial charge in [-0.15, -0.1) is 0 Å². The molecule has 1 aliphatic rings. The van der Waals surface area contributed by atoms with Crippen molar-refractivity contribution >= 4 is 17.5 Å². The highest BCUT2D eigenvalue weighted by atomic mass is 19.4. The Labute approximate surface area is 143 Å².